The molecule has 0 unspecified atom stereocenters. The number of carbonyl (C=O) groups excluding carboxylic acids is 3. The topological polar surface area (TPSA) is 79.4 Å². The second-order valence-electron chi connectivity index (χ2n) is 6.34. The van der Waals surface area contributed by atoms with Gasteiger partial charge < -0.3 is 10.2 Å². The van der Waals surface area contributed by atoms with Gasteiger partial charge in [-0.1, -0.05) is 30.3 Å². The summed E-state index contributed by atoms with van der Waals surface area (Å²) in [6.07, 6.45) is 2.38. The predicted molar refractivity (Wildman–Crippen MR) is 103 cm³/mol. The summed E-state index contributed by atoms with van der Waals surface area (Å²) in [6.45, 7) is 0.322. The third-order valence-electron chi connectivity index (χ3n) is 4.57. The Morgan fingerprint density at radius 3 is 2.70 bits per heavy atom. The van der Waals surface area contributed by atoms with E-state index in [1.807, 2.05) is 30.3 Å². The van der Waals surface area contributed by atoms with Crippen LogP contribution >= 0.6 is 0 Å². The molecule has 1 N–H and O–H groups in total. The number of benzene rings is 2. The Morgan fingerprint density at radius 1 is 1.00 bits per heavy atom. The minimum atomic E-state index is -0.533. The molecular formula is C21H17N3O3. The predicted octanol–water partition coefficient (Wildman–Crippen LogP) is 3.18. The van der Waals surface area contributed by atoms with Crippen LogP contribution in [0.5, 0.6) is 0 Å². The fourth-order valence-electron chi connectivity index (χ4n) is 3.29. The standard InChI is InChI=1S/C21H17N3O3/c25-18(23-16-9-3-6-14-7-4-12-22-19(14)16)11-5-13-24-17-10-2-1-8-15(17)20(26)21(24)27/h1-4,6-10,12H,5,11,13H2,(H,23,25). The van der Waals surface area contributed by atoms with Crippen molar-refractivity contribution < 1.29 is 14.4 Å². The van der Waals surface area contributed by atoms with Crippen LogP contribution in [0.25, 0.3) is 10.9 Å². The first-order valence-corrected chi connectivity index (χ1v) is 8.74. The quantitative estimate of drug-likeness (QED) is 0.710. The Labute approximate surface area is 155 Å². The number of Topliss-reactive ketones (excluding diaryl/α,β-unsaturated/α-hetero) is 1. The van der Waals surface area contributed by atoms with Gasteiger partial charge in [0.15, 0.2) is 0 Å². The molecule has 0 radical (unpaired) electrons. The molecule has 2 heterocycles. The number of aromatic nitrogens is 1. The number of fused-ring (bicyclic) bond motifs is 2. The summed E-state index contributed by atoms with van der Waals surface area (Å²) < 4.78 is 0. The highest BCUT2D eigenvalue weighted by atomic mass is 16.2. The van der Waals surface area contributed by atoms with Crippen LogP contribution < -0.4 is 10.2 Å². The van der Waals surface area contributed by atoms with E-state index in [0.717, 1.165) is 10.9 Å². The van der Waals surface area contributed by atoms with E-state index in [1.54, 1.807) is 30.5 Å². The Hall–Kier alpha value is -3.54. The number of hydrogen-bond donors (Lipinski definition) is 1. The van der Waals surface area contributed by atoms with Crippen molar-refractivity contribution in [1.82, 2.24) is 4.98 Å². The minimum absolute atomic E-state index is 0.153. The lowest BCUT2D eigenvalue weighted by molar-refractivity contribution is -0.117. The van der Waals surface area contributed by atoms with E-state index in [-0.39, 0.29) is 12.3 Å². The third-order valence-corrected chi connectivity index (χ3v) is 4.57. The molecule has 1 aliphatic rings. The Balaban J connectivity index is 1.39. The van der Waals surface area contributed by atoms with Crippen LogP contribution in [-0.4, -0.2) is 29.1 Å². The molecule has 0 aliphatic carbocycles. The number of ketones is 1. The maximum absolute atomic E-state index is 12.3. The van der Waals surface area contributed by atoms with E-state index in [9.17, 15) is 14.4 Å². The highest BCUT2D eigenvalue weighted by Crippen LogP contribution is 2.28. The van der Waals surface area contributed by atoms with Crippen LogP contribution in [0.2, 0.25) is 0 Å². The molecule has 2 amide bonds. The fraction of sp³-hybridized carbons (Fsp3) is 0.143. The van der Waals surface area contributed by atoms with Crippen molar-refractivity contribution in [3.63, 3.8) is 0 Å². The van der Waals surface area contributed by atoms with Crippen molar-refractivity contribution in [3.8, 4) is 0 Å². The van der Waals surface area contributed by atoms with E-state index in [4.69, 9.17) is 0 Å². The molecule has 4 rings (SSSR count). The van der Waals surface area contributed by atoms with Crippen LogP contribution in [0, 0.1) is 0 Å². The minimum Gasteiger partial charge on any atom is -0.324 e. The van der Waals surface area contributed by atoms with Gasteiger partial charge in [-0.25, -0.2) is 0 Å². The lowest BCUT2D eigenvalue weighted by atomic mass is 10.1. The van der Waals surface area contributed by atoms with Crippen molar-refractivity contribution in [2.75, 3.05) is 16.8 Å². The van der Waals surface area contributed by atoms with Gasteiger partial charge >= 0.3 is 0 Å². The third kappa shape index (κ3) is 3.17. The summed E-state index contributed by atoms with van der Waals surface area (Å²) in [4.78, 5) is 42.2. The lowest BCUT2D eigenvalue weighted by Gasteiger charge is -2.16. The number of para-hydroxylation sites is 2. The SMILES string of the molecule is O=C(CCCN1C(=O)C(=O)c2ccccc21)Nc1cccc2cccnc12. The van der Waals surface area contributed by atoms with Gasteiger partial charge in [-0.2, -0.15) is 0 Å². The average molecular weight is 359 g/mol. The van der Waals surface area contributed by atoms with Crippen molar-refractivity contribution in [2.45, 2.75) is 12.8 Å². The molecule has 0 fully saturated rings. The van der Waals surface area contributed by atoms with Crippen molar-refractivity contribution >= 4 is 39.9 Å². The van der Waals surface area contributed by atoms with Gasteiger partial charge in [0, 0.05) is 24.5 Å². The molecule has 0 saturated carbocycles. The molecule has 3 aromatic rings. The number of amides is 2. The molecule has 1 aromatic heterocycles. The number of nitrogens with one attached hydrogen (secondary N) is 1. The van der Waals surface area contributed by atoms with Gasteiger partial charge in [0.25, 0.3) is 11.7 Å². The Kier molecular flexibility index (Phi) is 4.38. The van der Waals surface area contributed by atoms with Gasteiger partial charge in [-0.05, 0) is 30.7 Å². The number of carbonyl (C=O) groups is 3. The molecule has 27 heavy (non-hydrogen) atoms. The van der Waals surface area contributed by atoms with Crippen molar-refractivity contribution in [3.05, 3.63) is 66.4 Å². The zero-order valence-electron chi connectivity index (χ0n) is 14.5. The first-order chi connectivity index (χ1) is 13.1. The van der Waals surface area contributed by atoms with E-state index < -0.39 is 11.7 Å². The molecule has 0 spiro atoms. The molecule has 0 saturated heterocycles. The molecule has 0 bridgehead atoms. The lowest BCUT2D eigenvalue weighted by Crippen LogP contribution is -2.31. The highest BCUT2D eigenvalue weighted by molar-refractivity contribution is 6.52. The Bertz CT molecular complexity index is 1060. The van der Waals surface area contributed by atoms with Gasteiger partial charge in [-0.3, -0.25) is 19.4 Å². The number of hydrogen-bond acceptors (Lipinski definition) is 4. The molecule has 1 aliphatic heterocycles. The van der Waals surface area contributed by atoms with Crippen molar-refractivity contribution in [2.24, 2.45) is 0 Å². The van der Waals surface area contributed by atoms with E-state index in [2.05, 4.69) is 10.3 Å². The monoisotopic (exact) mass is 359 g/mol. The van der Waals surface area contributed by atoms with Crippen LogP contribution in [0.15, 0.2) is 60.8 Å². The van der Waals surface area contributed by atoms with E-state index >= 15 is 0 Å². The summed E-state index contributed by atoms with van der Waals surface area (Å²) in [5.74, 6) is -1.17. The summed E-state index contributed by atoms with van der Waals surface area (Å²) in [7, 11) is 0. The van der Waals surface area contributed by atoms with E-state index in [0.29, 0.717) is 29.9 Å². The summed E-state index contributed by atoms with van der Waals surface area (Å²) in [6, 6.07) is 16.3. The Morgan fingerprint density at radius 2 is 1.81 bits per heavy atom. The van der Waals surface area contributed by atoms with Gasteiger partial charge in [0.05, 0.1) is 22.5 Å². The van der Waals surface area contributed by atoms with Gasteiger partial charge in [-0.15, -0.1) is 0 Å². The number of nitrogens with zero attached hydrogens (tertiary/aromatic N) is 2. The smallest absolute Gasteiger partial charge is 0.299 e. The number of pyridine rings is 1. The maximum atomic E-state index is 12.3. The first kappa shape index (κ1) is 16.9. The second-order valence-corrected chi connectivity index (χ2v) is 6.34. The fourth-order valence-corrected chi connectivity index (χ4v) is 3.29. The largest absolute Gasteiger partial charge is 0.324 e. The molecular weight excluding hydrogens is 342 g/mol. The molecule has 6 nitrogen and oxygen atoms in total. The van der Waals surface area contributed by atoms with E-state index in [1.165, 1.54) is 4.90 Å². The average Bonchev–Trinajstić information content (AvgIpc) is 2.93. The maximum Gasteiger partial charge on any atom is 0.299 e. The zero-order valence-corrected chi connectivity index (χ0v) is 14.5. The van der Waals surface area contributed by atoms with Gasteiger partial charge in [0.1, 0.15) is 0 Å². The second kappa shape index (κ2) is 6.99. The normalized spacial score (nSPS) is 13.1. The summed E-state index contributed by atoms with van der Waals surface area (Å²) in [5, 5.41) is 3.83. The molecule has 6 heteroatoms. The molecule has 134 valence electrons. The van der Waals surface area contributed by atoms with Crippen molar-refractivity contribution in [1.29, 1.82) is 0 Å². The highest BCUT2D eigenvalue weighted by Gasteiger charge is 2.34. The number of rotatable bonds is 5. The first-order valence-electron chi connectivity index (χ1n) is 8.74. The van der Waals surface area contributed by atoms with Crippen LogP contribution in [0.4, 0.5) is 11.4 Å². The molecule has 2 aromatic carbocycles. The van der Waals surface area contributed by atoms with Crippen LogP contribution in [-0.2, 0) is 9.59 Å². The van der Waals surface area contributed by atoms with Crippen LogP contribution in [0.3, 0.4) is 0 Å². The number of anilines is 2. The summed E-state index contributed by atoms with van der Waals surface area (Å²) in [5.41, 5.74) is 2.44. The van der Waals surface area contributed by atoms with Crippen LogP contribution in [0.1, 0.15) is 23.2 Å². The molecule has 0 atom stereocenters. The van der Waals surface area contributed by atoms with Gasteiger partial charge in [0.2, 0.25) is 5.91 Å². The summed E-state index contributed by atoms with van der Waals surface area (Å²) >= 11 is 0. The zero-order chi connectivity index (χ0) is 18.8.